The van der Waals surface area contributed by atoms with Gasteiger partial charge in [0, 0.05) is 12.7 Å². The molecule has 3 aromatic heterocycles. The average molecular weight is 249 g/mol. The van der Waals surface area contributed by atoms with E-state index in [0.717, 1.165) is 11.9 Å². The molecule has 3 heterocycles. The quantitative estimate of drug-likeness (QED) is 0.675. The molecule has 0 spiro atoms. The highest BCUT2D eigenvalue weighted by atomic mass is 32.1. The first-order valence-electron chi connectivity index (χ1n) is 5.41. The Morgan fingerprint density at radius 2 is 2.35 bits per heavy atom. The summed E-state index contributed by atoms with van der Waals surface area (Å²) < 4.78 is 3.90. The summed E-state index contributed by atoms with van der Waals surface area (Å²) in [5, 5.41) is 6.85. The largest absolute Gasteiger partial charge is 0.355 e. The molecule has 0 aliphatic heterocycles. The predicted molar refractivity (Wildman–Crippen MR) is 66.8 cm³/mol. The van der Waals surface area contributed by atoms with Crippen LogP contribution in [0.4, 0.5) is 0 Å². The first-order chi connectivity index (χ1) is 8.24. The van der Waals surface area contributed by atoms with Gasteiger partial charge in [-0.3, -0.25) is 13.8 Å². The van der Waals surface area contributed by atoms with E-state index in [2.05, 4.69) is 15.2 Å². The fraction of sp³-hybridized carbons (Fsp3) is 0.300. The Labute approximate surface area is 101 Å². The summed E-state index contributed by atoms with van der Waals surface area (Å²) in [6, 6.07) is 1.82. The summed E-state index contributed by atoms with van der Waals surface area (Å²) in [5.41, 5.74) is 1.26. The van der Waals surface area contributed by atoms with Crippen molar-refractivity contribution in [2.45, 2.75) is 19.9 Å². The van der Waals surface area contributed by atoms with Gasteiger partial charge < -0.3 is 4.98 Å². The van der Waals surface area contributed by atoms with Gasteiger partial charge in [0.1, 0.15) is 5.52 Å². The molecule has 7 heteroatoms. The monoisotopic (exact) mass is 249 g/mol. The third-order valence-electron chi connectivity index (χ3n) is 2.77. The van der Waals surface area contributed by atoms with Gasteiger partial charge in [-0.2, -0.15) is 0 Å². The third-order valence-corrected chi connectivity index (χ3v) is 3.04. The number of aromatic amines is 2. The normalized spacial score (nSPS) is 11.6. The minimum absolute atomic E-state index is 0.0617. The van der Waals surface area contributed by atoms with E-state index >= 15 is 0 Å². The predicted octanol–water partition coefficient (Wildman–Crippen LogP) is 1.44. The summed E-state index contributed by atoms with van der Waals surface area (Å²) in [5.74, 6) is 0.564. The summed E-state index contributed by atoms with van der Waals surface area (Å²) in [7, 11) is 0. The Morgan fingerprint density at radius 1 is 1.53 bits per heavy atom. The highest BCUT2D eigenvalue weighted by Gasteiger charge is 2.12. The number of rotatable bonds is 2. The highest BCUT2D eigenvalue weighted by Crippen LogP contribution is 2.11. The van der Waals surface area contributed by atoms with Crippen molar-refractivity contribution < 1.29 is 0 Å². The molecule has 0 saturated heterocycles. The van der Waals surface area contributed by atoms with E-state index in [1.165, 1.54) is 0 Å². The fourth-order valence-electron chi connectivity index (χ4n) is 2.06. The van der Waals surface area contributed by atoms with Crippen LogP contribution in [0.25, 0.3) is 16.8 Å². The van der Waals surface area contributed by atoms with Gasteiger partial charge in [-0.1, -0.05) is 6.92 Å². The van der Waals surface area contributed by atoms with E-state index in [1.54, 1.807) is 15.2 Å². The zero-order valence-electron chi connectivity index (χ0n) is 9.23. The molecule has 3 aromatic rings. The van der Waals surface area contributed by atoms with Crippen molar-refractivity contribution in [3.63, 3.8) is 0 Å². The van der Waals surface area contributed by atoms with Crippen LogP contribution in [0.3, 0.4) is 0 Å². The number of aryl methyl sites for hydroxylation is 1. The number of hydrogen-bond acceptors (Lipinski definition) is 3. The Morgan fingerprint density at radius 3 is 3.12 bits per heavy atom. The molecule has 0 bridgehead atoms. The van der Waals surface area contributed by atoms with Gasteiger partial charge >= 0.3 is 0 Å². The first-order valence-corrected chi connectivity index (χ1v) is 5.82. The molecule has 3 rings (SSSR count). The minimum atomic E-state index is -0.0617. The molecule has 6 nitrogen and oxygen atoms in total. The van der Waals surface area contributed by atoms with Gasteiger partial charge in [-0.05, 0) is 24.7 Å². The second-order valence-corrected chi connectivity index (χ2v) is 4.25. The number of hydrogen-bond donors (Lipinski definition) is 2. The fourth-order valence-corrected chi connectivity index (χ4v) is 2.28. The van der Waals surface area contributed by atoms with E-state index in [-0.39, 0.29) is 5.56 Å². The smallest absolute Gasteiger partial charge is 0.279 e. The lowest BCUT2D eigenvalue weighted by molar-refractivity contribution is 0.662. The Kier molecular flexibility index (Phi) is 2.15. The zero-order valence-corrected chi connectivity index (χ0v) is 10.0. The molecular formula is C10H11N5OS. The van der Waals surface area contributed by atoms with Crippen molar-refractivity contribution in [1.29, 1.82) is 0 Å². The lowest BCUT2D eigenvalue weighted by Crippen LogP contribution is -2.23. The van der Waals surface area contributed by atoms with Crippen LogP contribution in [-0.2, 0) is 6.54 Å². The van der Waals surface area contributed by atoms with Crippen molar-refractivity contribution in [3.8, 4) is 0 Å². The molecule has 0 atom stereocenters. The Balaban J connectivity index is 2.63. The Hall–Kier alpha value is -1.89. The lowest BCUT2D eigenvalue weighted by Gasteiger charge is -2.06. The topological polar surface area (TPSA) is 70.9 Å². The molecular weight excluding hydrogens is 238 g/mol. The van der Waals surface area contributed by atoms with Crippen LogP contribution in [0.5, 0.6) is 0 Å². The highest BCUT2D eigenvalue weighted by molar-refractivity contribution is 7.71. The standard InChI is InChI=1S/C10H11N5OS/c1-2-5-14-8(16)7-6(3-4-11-7)15-9(14)12-13-10(15)17/h3-4,11H,2,5H2,1H3,(H,13,17). The molecule has 0 fully saturated rings. The van der Waals surface area contributed by atoms with Gasteiger partial charge in [-0.25, -0.2) is 5.10 Å². The summed E-state index contributed by atoms with van der Waals surface area (Å²) in [6.07, 6.45) is 2.60. The minimum Gasteiger partial charge on any atom is -0.355 e. The van der Waals surface area contributed by atoms with Gasteiger partial charge in [0.05, 0.1) is 5.52 Å². The van der Waals surface area contributed by atoms with E-state index in [0.29, 0.717) is 22.6 Å². The molecule has 0 saturated carbocycles. The Bertz CT molecular complexity index is 805. The molecule has 88 valence electrons. The van der Waals surface area contributed by atoms with Gasteiger partial charge in [0.2, 0.25) is 10.5 Å². The molecule has 0 aromatic carbocycles. The number of nitrogens with zero attached hydrogens (tertiary/aromatic N) is 3. The molecule has 0 unspecified atom stereocenters. The van der Waals surface area contributed by atoms with Crippen LogP contribution >= 0.6 is 12.2 Å². The van der Waals surface area contributed by atoms with Crippen molar-refractivity contribution in [2.75, 3.05) is 0 Å². The van der Waals surface area contributed by atoms with E-state index in [9.17, 15) is 4.79 Å². The third kappa shape index (κ3) is 1.29. The zero-order chi connectivity index (χ0) is 12.0. The summed E-state index contributed by atoms with van der Waals surface area (Å²) >= 11 is 5.18. The van der Waals surface area contributed by atoms with Crippen LogP contribution in [0, 0.1) is 4.77 Å². The molecule has 0 aliphatic carbocycles. The SMILES string of the molecule is CCCn1c(=O)c2[nH]ccc2n2c(=S)[nH]nc12. The van der Waals surface area contributed by atoms with E-state index in [4.69, 9.17) is 12.2 Å². The van der Waals surface area contributed by atoms with Crippen LogP contribution in [-0.4, -0.2) is 24.1 Å². The molecule has 0 aliphatic rings. The maximum Gasteiger partial charge on any atom is 0.279 e. The number of fused-ring (bicyclic) bond motifs is 3. The van der Waals surface area contributed by atoms with Crippen LogP contribution in [0.1, 0.15) is 13.3 Å². The molecule has 2 N–H and O–H groups in total. The first kappa shape index (κ1) is 10.3. The number of nitrogens with one attached hydrogen (secondary N) is 2. The second-order valence-electron chi connectivity index (χ2n) is 3.86. The maximum absolute atomic E-state index is 12.2. The van der Waals surface area contributed by atoms with Crippen molar-refractivity contribution in [2.24, 2.45) is 0 Å². The van der Waals surface area contributed by atoms with Crippen LogP contribution in [0.15, 0.2) is 17.1 Å². The molecule has 0 amide bonds. The molecule has 17 heavy (non-hydrogen) atoms. The van der Waals surface area contributed by atoms with Crippen molar-refractivity contribution >= 4 is 29.0 Å². The number of H-pyrrole nitrogens is 2. The summed E-state index contributed by atoms with van der Waals surface area (Å²) in [4.78, 5) is 15.2. The number of aromatic nitrogens is 5. The van der Waals surface area contributed by atoms with Crippen LogP contribution in [0.2, 0.25) is 0 Å². The summed E-state index contributed by atoms with van der Waals surface area (Å²) in [6.45, 7) is 2.64. The van der Waals surface area contributed by atoms with Crippen molar-refractivity contribution in [3.05, 3.63) is 27.4 Å². The van der Waals surface area contributed by atoms with Gasteiger partial charge in [-0.15, -0.1) is 5.10 Å². The maximum atomic E-state index is 12.2. The van der Waals surface area contributed by atoms with Crippen LogP contribution < -0.4 is 5.56 Å². The molecule has 0 radical (unpaired) electrons. The van der Waals surface area contributed by atoms with Crippen molar-refractivity contribution in [1.82, 2.24) is 24.1 Å². The van der Waals surface area contributed by atoms with E-state index in [1.807, 2.05) is 13.0 Å². The van der Waals surface area contributed by atoms with E-state index < -0.39 is 0 Å². The van der Waals surface area contributed by atoms with Gasteiger partial charge in [0.15, 0.2) is 0 Å². The van der Waals surface area contributed by atoms with Gasteiger partial charge in [0.25, 0.3) is 5.56 Å². The second kappa shape index (κ2) is 3.56. The lowest BCUT2D eigenvalue weighted by atomic mass is 10.4. The average Bonchev–Trinajstić information content (AvgIpc) is 2.90.